The van der Waals surface area contributed by atoms with Crippen LogP contribution in [0.25, 0.3) is 0 Å². The van der Waals surface area contributed by atoms with E-state index in [1.54, 1.807) is 0 Å². The average molecular weight is 157 g/mol. The molecule has 0 fully saturated rings. The van der Waals surface area contributed by atoms with Crippen LogP contribution in [0.2, 0.25) is 0 Å². The molecule has 0 amide bonds. The van der Waals surface area contributed by atoms with Crippen LogP contribution in [0.5, 0.6) is 0 Å². The second kappa shape index (κ2) is 7.76. The molecule has 0 heterocycles. The van der Waals surface area contributed by atoms with Crippen molar-refractivity contribution < 1.29 is 5.11 Å². The van der Waals surface area contributed by atoms with Gasteiger partial charge in [0, 0.05) is 6.54 Å². The van der Waals surface area contributed by atoms with Gasteiger partial charge in [0.15, 0.2) is 0 Å². The van der Waals surface area contributed by atoms with Gasteiger partial charge < -0.3 is 10.8 Å². The number of unbranched alkanes of at least 4 members (excludes halogenated alkanes) is 2. The zero-order chi connectivity index (χ0) is 8.53. The molecule has 66 valence electrons. The van der Waals surface area contributed by atoms with Gasteiger partial charge in [-0.1, -0.05) is 18.6 Å². The molecule has 2 nitrogen and oxygen atoms in total. The number of allylic oxidation sites excluding steroid dienone is 2. The summed E-state index contributed by atoms with van der Waals surface area (Å²) in [5.41, 5.74) is 5.25. The number of aliphatic hydroxyl groups excluding tert-OH is 1. The standard InChI is InChI=1S/C9H19NO/c1-2-3-4-5-6-7-9(11)8-10/h2-3,9,11H,4-8,10H2,1H3/b3-2+. The van der Waals surface area contributed by atoms with Crippen LogP contribution in [0.15, 0.2) is 12.2 Å². The van der Waals surface area contributed by atoms with Gasteiger partial charge in [-0.05, 0) is 26.2 Å². The summed E-state index contributed by atoms with van der Waals surface area (Å²) >= 11 is 0. The summed E-state index contributed by atoms with van der Waals surface area (Å²) < 4.78 is 0. The second-order valence-corrected chi connectivity index (χ2v) is 2.74. The van der Waals surface area contributed by atoms with Crippen LogP contribution in [0.1, 0.15) is 32.6 Å². The fourth-order valence-corrected chi connectivity index (χ4v) is 0.927. The zero-order valence-corrected chi connectivity index (χ0v) is 7.29. The first-order chi connectivity index (χ1) is 5.31. The van der Waals surface area contributed by atoms with Gasteiger partial charge in [-0.15, -0.1) is 0 Å². The summed E-state index contributed by atoms with van der Waals surface area (Å²) in [4.78, 5) is 0. The van der Waals surface area contributed by atoms with Crippen molar-refractivity contribution in [2.75, 3.05) is 6.54 Å². The molecule has 3 N–H and O–H groups in total. The van der Waals surface area contributed by atoms with Crippen molar-refractivity contribution >= 4 is 0 Å². The largest absolute Gasteiger partial charge is 0.392 e. The normalized spacial score (nSPS) is 14.1. The first kappa shape index (κ1) is 10.7. The third-order valence-corrected chi connectivity index (χ3v) is 1.67. The van der Waals surface area contributed by atoms with E-state index in [-0.39, 0.29) is 6.10 Å². The van der Waals surface area contributed by atoms with E-state index >= 15 is 0 Å². The minimum atomic E-state index is -0.291. The maximum absolute atomic E-state index is 9.07. The predicted molar refractivity (Wildman–Crippen MR) is 48.3 cm³/mol. The second-order valence-electron chi connectivity index (χ2n) is 2.74. The van der Waals surface area contributed by atoms with E-state index in [9.17, 15) is 0 Å². The van der Waals surface area contributed by atoms with E-state index in [0.29, 0.717) is 6.54 Å². The number of hydrogen-bond donors (Lipinski definition) is 2. The Kier molecular flexibility index (Phi) is 7.52. The summed E-state index contributed by atoms with van der Waals surface area (Å²) in [6.07, 6.45) is 8.10. The van der Waals surface area contributed by atoms with Crippen LogP contribution in [0, 0.1) is 0 Å². The van der Waals surface area contributed by atoms with Crippen molar-refractivity contribution in [1.82, 2.24) is 0 Å². The fourth-order valence-electron chi connectivity index (χ4n) is 0.927. The lowest BCUT2D eigenvalue weighted by Crippen LogP contribution is -2.19. The molecular formula is C9H19NO. The topological polar surface area (TPSA) is 46.2 Å². The lowest BCUT2D eigenvalue weighted by Gasteiger charge is -2.05. The van der Waals surface area contributed by atoms with Gasteiger partial charge in [-0.25, -0.2) is 0 Å². The smallest absolute Gasteiger partial charge is 0.0662 e. The first-order valence-electron chi connectivity index (χ1n) is 4.30. The molecule has 0 aliphatic carbocycles. The van der Waals surface area contributed by atoms with E-state index in [1.807, 2.05) is 6.92 Å². The molecular weight excluding hydrogens is 138 g/mol. The van der Waals surface area contributed by atoms with E-state index in [4.69, 9.17) is 10.8 Å². The monoisotopic (exact) mass is 157 g/mol. The quantitative estimate of drug-likeness (QED) is 0.452. The molecule has 0 aromatic rings. The lowest BCUT2D eigenvalue weighted by atomic mass is 10.1. The van der Waals surface area contributed by atoms with Crippen LogP contribution in [0.4, 0.5) is 0 Å². The van der Waals surface area contributed by atoms with Crippen LogP contribution >= 0.6 is 0 Å². The first-order valence-corrected chi connectivity index (χ1v) is 4.30. The maximum atomic E-state index is 9.07. The minimum Gasteiger partial charge on any atom is -0.392 e. The van der Waals surface area contributed by atoms with E-state index in [1.165, 1.54) is 0 Å². The van der Waals surface area contributed by atoms with E-state index < -0.39 is 0 Å². The highest BCUT2D eigenvalue weighted by Gasteiger charge is 1.98. The zero-order valence-electron chi connectivity index (χ0n) is 7.29. The number of nitrogens with two attached hydrogens (primary N) is 1. The molecule has 0 radical (unpaired) electrons. The van der Waals surface area contributed by atoms with E-state index in [0.717, 1.165) is 25.7 Å². The molecule has 11 heavy (non-hydrogen) atoms. The minimum absolute atomic E-state index is 0.291. The van der Waals surface area contributed by atoms with Gasteiger partial charge in [0.25, 0.3) is 0 Å². The molecule has 0 aromatic carbocycles. The Labute approximate surface area is 69.1 Å². The molecule has 0 aliphatic heterocycles. The van der Waals surface area contributed by atoms with Crippen molar-refractivity contribution in [3.05, 3.63) is 12.2 Å². The van der Waals surface area contributed by atoms with E-state index in [2.05, 4.69) is 12.2 Å². The van der Waals surface area contributed by atoms with Gasteiger partial charge in [0.05, 0.1) is 6.10 Å². The number of aliphatic hydroxyl groups is 1. The fraction of sp³-hybridized carbons (Fsp3) is 0.778. The highest BCUT2D eigenvalue weighted by Crippen LogP contribution is 2.03. The number of rotatable bonds is 6. The SMILES string of the molecule is C/C=C/CCCCC(O)CN. The Morgan fingerprint density at radius 2 is 2.18 bits per heavy atom. The summed E-state index contributed by atoms with van der Waals surface area (Å²) in [6.45, 7) is 2.42. The predicted octanol–water partition coefficient (Wildman–Crippen LogP) is 1.44. The van der Waals surface area contributed by atoms with Gasteiger partial charge in [0.2, 0.25) is 0 Å². The summed E-state index contributed by atoms with van der Waals surface area (Å²) in [5.74, 6) is 0. The molecule has 2 heteroatoms. The molecule has 0 spiro atoms. The van der Waals surface area contributed by atoms with Gasteiger partial charge >= 0.3 is 0 Å². The van der Waals surface area contributed by atoms with Gasteiger partial charge in [-0.2, -0.15) is 0 Å². The van der Waals surface area contributed by atoms with Crippen molar-refractivity contribution in [3.8, 4) is 0 Å². The summed E-state index contributed by atoms with van der Waals surface area (Å²) in [7, 11) is 0. The van der Waals surface area contributed by atoms with Crippen LogP contribution < -0.4 is 5.73 Å². The highest BCUT2D eigenvalue weighted by atomic mass is 16.3. The molecule has 0 aromatic heterocycles. The molecule has 0 aliphatic rings. The molecule has 0 saturated carbocycles. The Morgan fingerprint density at radius 1 is 1.45 bits per heavy atom. The third kappa shape index (κ3) is 7.56. The summed E-state index contributed by atoms with van der Waals surface area (Å²) in [6, 6.07) is 0. The molecule has 1 atom stereocenters. The Bertz CT molecular complexity index is 102. The molecule has 1 unspecified atom stereocenters. The van der Waals surface area contributed by atoms with Crippen LogP contribution in [-0.4, -0.2) is 17.8 Å². The Hall–Kier alpha value is -0.340. The molecule has 0 saturated heterocycles. The van der Waals surface area contributed by atoms with Crippen molar-refractivity contribution in [3.63, 3.8) is 0 Å². The van der Waals surface area contributed by atoms with Crippen molar-refractivity contribution in [1.29, 1.82) is 0 Å². The summed E-state index contributed by atoms with van der Waals surface area (Å²) in [5, 5.41) is 9.07. The third-order valence-electron chi connectivity index (χ3n) is 1.67. The van der Waals surface area contributed by atoms with Gasteiger partial charge in [0.1, 0.15) is 0 Å². The van der Waals surface area contributed by atoms with Crippen molar-refractivity contribution in [2.45, 2.75) is 38.7 Å². The average Bonchev–Trinajstić information content (AvgIpc) is 2.04. The lowest BCUT2D eigenvalue weighted by molar-refractivity contribution is 0.169. The van der Waals surface area contributed by atoms with Crippen LogP contribution in [-0.2, 0) is 0 Å². The van der Waals surface area contributed by atoms with Crippen LogP contribution in [0.3, 0.4) is 0 Å². The van der Waals surface area contributed by atoms with Gasteiger partial charge in [-0.3, -0.25) is 0 Å². The Balaban J connectivity index is 3.01. The molecule has 0 bridgehead atoms. The maximum Gasteiger partial charge on any atom is 0.0662 e. The Morgan fingerprint density at radius 3 is 2.73 bits per heavy atom. The highest BCUT2D eigenvalue weighted by molar-refractivity contribution is 4.76. The molecule has 0 rings (SSSR count). The van der Waals surface area contributed by atoms with Crippen molar-refractivity contribution in [2.24, 2.45) is 5.73 Å². The number of hydrogen-bond acceptors (Lipinski definition) is 2.